The number of aliphatic carboxylic acids is 1. The lowest BCUT2D eigenvalue weighted by atomic mass is 10.0. The zero-order chi connectivity index (χ0) is 27.1. The normalized spacial score (nSPS) is 17.2. The number of nitrogens with zero attached hydrogens (tertiary/aromatic N) is 2. The minimum absolute atomic E-state index is 0.00572. The molecule has 37 heavy (non-hydrogen) atoms. The Bertz CT molecular complexity index is 1490. The van der Waals surface area contributed by atoms with Gasteiger partial charge in [0.2, 0.25) is 10.0 Å². The molecule has 1 aliphatic heterocycles. The lowest BCUT2D eigenvalue weighted by molar-refractivity contribution is -0.138. The second-order valence-corrected chi connectivity index (χ2v) is 10.6. The van der Waals surface area contributed by atoms with Crippen LogP contribution in [0.3, 0.4) is 0 Å². The first kappa shape index (κ1) is 26.5. The monoisotopic (exact) mass is 536 g/mol. The molecule has 0 unspecified atom stereocenters. The van der Waals surface area contributed by atoms with E-state index < -0.39 is 56.2 Å². The summed E-state index contributed by atoms with van der Waals surface area (Å²) in [6.45, 7) is 0.867. The summed E-state index contributed by atoms with van der Waals surface area (Å²) < 4.78 is 70.0. The number of hydrogen-bond acceptors (Lipinski definition) is 6. The Kier molecular flexibility index (Phi) is 7.22. The molecule has 13 heteroatoms. The van der Waals surface area contributed by atoms with Gasteiger partial charge in [0.15, 0.2) is 0 Å². The highest BCUT2D eigenvalue weighted by Gasteiger charge is 2.34. The number of fused-ring (bicyclic) bond motifs is 1. The van der Waals surface area contributed by atoms with Crippen molar-refractivity contribution < 1.29 is 36.3 Å². The van der Waals surface area contributed by atoms with Crippen molar-refractivity contribution in [2.75, 3.05) is 19.6 Å². The van der Waals surface area contributed by atoms with Crippen LogP contribution in [0.5, 0.6) is 0 Å². The fraction of sp³-hybridized carbons (Fsp3) is 0.292. The molecule has 2 heterocycles. The van der Waals surface area contributed by atoms with Crippen LogP contribution in [0.1, 0.15) is 22.3 Å². The van der Waals surface area contributed by atoms with Crippen molar-refractivity contribution in [2.24, 2.45) is 5.73 Å². The average molecular weight is 537 g/mol. The van der Waals surface area contributed by atoms with Crippen LogP contribution >= 0.6 is 0 Å². The van der Waals surface area contributed by atoms with E-state index in [-0.39, 0.29) is 42.8 Å². The van der Waals surface area contributed by atoms with Gasteiger partial charge in [0, 0.05) is 30.6 Å². The van der Waals surface area contributed by atoms with E-state index >= 15 is 8.78 Å². The van der Waals surface area contributed by atoms with E-state index in [4.69, 9.17) is 10.8 Å². The Morgan fingerprint density at radius 2 is 1.89 bits per heavy atom. The van der Waals surface area contributed by atoms with Crippen molar-refractivity contribution in [3.63, 3.8) is 0 Å². The maximum atomic E-state index is 15.1. The standard InChI is InChI=1S/C24H23F3N4O5S/c1-12-6-20(29-19-7-13(2-3-16(12)19)23(32)30-21(10-28)24(33)34)22-17(26)8-15(9-18(22)27)37(35,36)31-5-4-14(25)11-31/h2-3,6-9,14,21H,4-5,10-11,28H2,1H3,(H,30,32)(H,33,34)/t14-,21-/m0/s1. The molecule has 1 fully saturated rings. The van der Waals surface area contributed by atoms with Crippen LogP contribution in [0.15, 0.2) is 41.3 Å². The molecule has 3 aromatic rings. The van der Waals surface area contributed by atoms with Crippen LogP contribution in [-0.2, 0) is 14.8 Å². The summed E-state index contributed by atoms with van der Waals surface area (Å²) in [4.78, 5) is 27.3. The molecule has 4 rings (SSSR count). The zero-order valence-electron chi connectivity index (χ0n) is 19.5. The molecular weight excluding hydrogens is 513 g/mol. The average Bonchev–Trinajstić information content (AvgIpc) is 3.28. The predicted octanol–water partition coefficient (Wildman–Crippen LogP) is 2.36. The number of carboxylic acid groups (broad SMARTS) is 1. The molecule has 1 aliphatic rings. The van der Waals surface area contributed by atoms with Gasteiger partial charge in [-0.05, 0) is 49.2 Å². The van der Waals surface area contributed by atoms with Gasteiger partial charge in [0.25, 0.3) is 5.91 Å². The first-order valence-corrected chi connectivity index (χ1v) is 12.6. The molecule has 2 aromatic carbocycles. The lowest BCUT2D eigenvalue weighted by Gasteiger charge is -2.17. The molecule has 4 N–H and O–H groups in total. The number of carboxylic acids is 1. The molecule has 196 valence electrons. The van der Waals surface area contributed by atoms with Gasteiger partial charge >= 0.3 is 5.97 Å². The van der Waals surface area contributed by atoms with E-state index in [1.54, 1.807) is 13.0 Å². The number of rotatable bonds is 7. The van der Waals surface area contributed by atoms with Gasteiger partial charge < -0.3 is 16.2 Å². The van der Waals surface area contributed by atoms with Gasteiger partial charge in [0.05, 0.1) is 21.7 Å². The molecule has 0 saturated carbocycles. The van der Waals surface area contributed by atoms with E-state index in [2.05, 4.69) is 10.3 Å². The van der Waals surface area contributed by atoms with Crippen molar-refractivity contribution in [2.45, 2.75) is 30.5 Å². The van der Waals surface area contributed by atoms with Crippen molar-refractivity contribution in [3.8, 4) is 11.3 Å². The maximum Gasteiger partial charge on any atom is 0.327 e. The minimum atomic E-state index is -4.29. The minimum Gasteiger partial charge on any atom is -0.480 e. The zero-order valence-corrected chi connectivity index (χ0v) is 20.4. The van der Waals surface area contributed by atoms with Crippen LogP contribution in [0.4, 0.5) is 13.2 Å². The number of carbonyl (C=O) groups excluding carboxylic acids is 1. The smallest absolute Gasteiger partial charge is 0.327 e. The Hall–Kier alpha value is -3.55. The Morgan fingerprint density at radius 3 is 2.46 bits per heavy atom. The van der Waals surface area contributed by atoms with Crippen LogP contribution in [0.25, 0.3) is 22.2 Å². The van der Waals surface area contributed by atoms with E-state index in [0.717, 1.165) is 4.31 Å². The predicted molar refractivity (Wildman–Crippen MR) is 128 cm³/mol. The van der Waals surface area contributed by atoms with E-state index in [1.165, 1.54) is 18.2 Å². The van der Waals surface area contributed by atoms with Crippen LogP contribution < -0.4 is 11.1 Å². The summed E-state index contributed by atoms with van der Waals surface area (Å²) >= 11 is 0. The Balaban J connectivity index is 1.73. The third kappa shape index (κ3) is 5.15. The molecule has 9 nitrogen and oxygen atoms in total. The number of halogens is 3. The highest BCUT2D eigenvalue weighted by atomic mass is 32.2. The first-order valence-electron chi connectivity index (χ1n) is 11.2. The van der Waals surface area contributed by atoms with Gasteiger partial charge in [-0.15, -0.1) is 0 Å². The number of carbonyl (C=O) groups is 2. The van der Waals surface area contributed by atoms with Crippen molar-refractivity contribution in [3.05, 3.63) is 59.2 Å². The highest BCUT2D eigenvalue weighted by Crippen LogP contribution is 2.32. The molecule has 0 aliphatic carbocycles. The van der Waals surface area contributed by atoms with Gasteiger partial charge in [-0.2, -0.15) is 4.31 Å². The number of pyridine rings is 1. The molecule has 0 bridgehead atoms. The van der Waals surface area contributed by atoms with Crippen LogP contribution in [-0.4, -0.2) is 66.5 Å². The molecule has 2 atom stereocenters. The number of aryl methyl sites for hydroxylation is 1. The van der Waals surface area contributed by atoms with Gasteiger partial charge in [-0.1, -0.05) is 6.07 Å². The summed E-state index contributed by atoms with van der Waals surface area (Å²) in [5, 5.41) is 11.9. The van der Waals surface area contributed by atoms with Crippen molar-refractivity contribution in [1.82, 2.24) is 14.6 Å². The van der Waals surface area contributed by atoms with Crippen LogP contribution in [0, 0.1) is 18.6 Å². The molecule has 0 spiro atoms. The molecular formula is C24H23F3N4O5S. The number of nitrogens with one attached hydrogen (secondary N) is 1. The molecule has 1 saturated heterocycles. The number of benzene rings is 2. The van der Waals surface area contributed by atoms with Gasteiger partial charge in [-0.25, -0.2) is 31.4 Å². The second-order valence-electron chi connectivity index (χ2n) is 8.67. The second kappa shape index (κ2) is 10.1. The SMILES string of the molecule is Cc1cc(-c2c(F)cc(S(=O)(=O)N3CC[C@H](F)C3)cc2F)nc2cc(C(=O)N[C@@H](CN)C(=O)O)ccc12. The number of alkyl halides is 1. The van der Waals surface area contributed by atoms with Crippen LogP contribution in [0.2, 0.25) is 0 Å². The summed E-state index contributed by atoms with van der Waals surface area (Å²) in [7, 11) is -4.29. The molecule has 1 aromatic heterocycles. The Morgan fingerprint density at radius 1 is 1.22 bits per heavy atom. The lowest BCUT2D eigenvalue weighted by Crippen LogP contribution is -2.45. The van der Waals surface area contributed by atoms with Gasteiger partial charge in [-0.3, -0.25) is 4.79 Å². The number of hydrogen-bond donors (Lipinski definition) is 3. The number of amides is 1. The summed E-state index contributed by atoms with van der Waals surface area (Å²) in [5.41, 5.74) is 5.47. The van der Waals surface area contributed by atoms with E-state index in [9.17, 15) is 22.4 Å². The van der Waals surface area contributed by atoms with Crippen molar-refractivity contribution in [1.29, 1.82) is 0 Å². The third-order valence-electron chi connectivity index (χ3n) is 6.12. The fourth-order valence-corrected chi connectivity index (χ4v) is 5.64. The number of nitrogens with two attached hydrogens (primary N) is 1. The first-order chi connectivity index (χ1) is 17.4. The number of sulfonamides is 1. The maximum absolute atomic E-state index is 15.1. The Labute approximate surface area is 210 Å². The summed E-state index contributed by atoms with van der Waals surface area (Å²) in [6, 6.07) is 5.80. The quantitative estimate of drug-likeness (QED) is 0.421. The number of aromatic nitrogens is 1. The topological polar surface area (TPSA) is 143 Å². The largest absolute Gasteiger partial charge is 0.480 e. The summed E-state index contributed by atoms with van der Waals surface area (Å²) in [5.74, 6) is -4.39. The third-order valence-corrected chi connectivity index (χ3v) is 7.96. The summed E-state index contributed by atoms with van der Waals surface area (Å²) in [6.07, 6.45) is -1.34. The highest BCUT2D eigenvalue weighted by molar-refractivity contribution is 7.89. The van der Waals surface area contributed by atoms with E-state index in [0.29, 0.717) is 23.1 Å². The van der Waals surface area contributed by atoms with E-state index in [1.807, 2.05) is 0 Å². The molecule has 1 amide bonds. The molecule has 0 radical (unpaired) electrons. The van der Waals surface area contributed by atoms with Crippen molar-refractivity contribution >= 4 is 32.8 Å². The van der Waals surface area contributed by atoms with Gasteiger partial charge in [0.1, 0.15) is 23.8 Å². The fourth-order valence-electron chi connectivity index (χ4n) is 4.13.